The van der Waals surface area contributed by atoms with Crippen LogP contribution in [0.25, 0.3) is 16.7 Å². The second-order valence-electron chi connectivity index (χ2n) is 8.23. The number of aromatic nitrogens is 5. The highest BCUT2D eigenvalue weighted by Crippen LogP contribution is 2.31. The summed E-state index contributed by atoms with van der Waals surface area (Å²) in [5.74, 6) is 1.34. The Kier molecular flexibility index (Phi) is 6.22. The number of fused-ring (bicyclic) bond motifs is 3. The Morgan fingerprint density at radius 2 is 1.89 bits per heavy atom. The highest BCUT2D eigenvalue weighted by atomic mass is 32.2. The topological polar surface area (TPSA) is 88.3 Å². The molecule has 0 saturated carbocycles. The number of rotatable bonds is 5. The summed E-state index contributed by atoms with van der Waals surface area (Å²) in [6.45, 7) is 4.62. The molecule has 35 heavy (non-hydrogen) atoms. The largest absolute Gasteiger partial charge is 0.363 e. The van der Waals surface area contributed by atoms with Crippen LogP contribution in [0.4, 0.5) is 19.0 Å². The van der Waals surface area contributed by atoms with E-state index >= 15 is 0 Å². The number of aryl methyl sites for hydroxylation is 1. The van der Waals surface area contributed by atoms with E-state index in [1.165, 1.54) is 23.0 Å². The first kappa shape index (κ1) is 23.3. The third-order valence-corrected chi connectivity index (χ3v) is 6.90. The predicted octanol–water partition coefficient (Wildman–Crippen LogP) is 4.42. The van der Waals surface area contributed by atoms with Gasteiger partial charge >= 0.3 is 0 Å². The number of benzene rings is 1. The maximum Gasteiger partial charge on any atom is 0.266 e. The molecule has 1 aromatic carbocycles. The molecule has 0 spiro atoms. The van der Waals surface area contributed by atoms with E-state index in [0.717, 1.165) is 17.6 Å². The van der Waals surface area contributed by atoms with Crippen LogP contribution in [0.2, 0.25) is 0 Å². The Morgan fingerprint density at radius 3 is 2.63 bits per heavy atom. The second kappa shape index (κ2) is 9.33. The zero-order valence-corrected chi connectivity index (χ0v) is 19.8. The van der Waals surface area contributed by atoms with E-state index in [4.69, 9.17) is 0 Å². The van der Waals surface area contributed by atoms with Crippen molar-refractivity contribution in [2.24, 2.45) is 0 Å². The van der Waals surface area contributed by atoms with E-state index < -0.39 is 23.8 Å². The van der Waals surface area contributed by atoms with Gasteiger partial charge < -0.3 is 10.2 Å². The number of nitrogens with zero attached hydrogens (tertiary/aromatic N) is 6. The van der Waals surface area contributed by atoms with Crippen LogP contribution in [0.5, 0.6) is 0 Å². The Bertz CT molecular complexity index is 1420. The molecule has 1 fully saturated rings. The Labute approximate surface area is 203 Å². The molecular weight excluding hydrogens is 479 g/mol. The van der Waals surface area contributed by atoms with Crippen molar-refractivity contribution in [2.75, 3.05) is 29.9 Å². The zero-order valence-electron chi connectivity index (χ0n) is 19.0. The molecule has 4 aromatic rings. The molecule has 0 bridgehead atoms. The summed E-state index contributed by atoms with van der Waals surface area (Å²) in [6.07, 6.45) is -1.57. The molecule has 12 heteroatoms. The maximum absolute atomic E-state index is 14.8. The first-order chi connectivity index (χ1) is 16.8. The molecule has 1 amide bonds. The fraction of sp³-hybridized carbons (Fsp3) is 0.348. The standard InChI is InChI=1S/C23H22F3N7OS/c1-12(14-4-3-5-15(18(14)24)19(25)26)29-20-16-10-17(23(34)32-6-8-35-9-7-32)21-27-11-28-33(21)22(16)31-13(2)30-20/h3-5,10-12,19H,6-9H2,1-2H3,(H,29,30,31)/t12-/m1/s1. The lowest BCUT2D eigenvalue weighted by molar-refractivity contribution is 0.0773. The number of alkyl halides is 2. The molecule has 1 atom stereocenters. The third kappa shape index (κ3) is 4.26. The van der Waals surface area contributed by atoms with Crippen molar-refractivity contribution in [1.29, 1.82) is 0 Å². The molecule has 1 saturated heterocycles. The molecule has 1 N–H and O–H groups in total. The van der Waals surface area contributed by atoms with Crippen LogP contribution < -0.4 is 5.32 Å². The SMILES string of the molecule is Cc1nc(N[C@H](C)c2cccc(C(F)F)c2F)c2cc(C(=O)N3CCSCC3)c3ncnn3c2n1. The lowest BCUT2D eigenvalue weighted by Crippen LogP contribution is -2.38. The molecule has 1 aliphatic heterocycles. The highest BCUT2D eigenvalue weighted by molar-refractivity contribution is 7.99. The van der Waals surface area contributed by atoms with Crippen molar-refractivity contribution < 1.29 is 18.0 Å². The van der Waals surface area contributed by atoms with E-state index in [2.05, 4.69) is 25.4 Å². The monoisotopic (exact) mass is 501 g/mol. The maximum atomic E-state index is 14.8. The van der Waals surface area contributed by atoms with Crippen LogP contribution in [0.1, 0.15) is 46.7 Å². The third-order valence-electron chi connectivity index (χ3n) is 5.96. The second-order valence-corrected chi connectivity index (χ2v) is 9.46. The summed E-state index contributed by atoms with van der Waals surface area (Å²) in [6, 6.07) is 4.89. The molecule has 0 aliphatic carbocycles. The number of halogens is 3. The number of nitrogens with one attached hydrogen (secondary N) is 1. The van der Waals surface area contributed by atoms with Crippen molar-refractivity contribution in [2.45, 2.75) is 26.3 Å². The first-order valence-corrected chi connectivity index (χ1v) is 12.2. The van der Waals surface area contributed by atoms with Crippen molar-refractivity contribution in [3.05, 3.63) is 58.9 Å². The minimum absolute atomic E-state index is 0.0798. The van der Waals surface area contributed by atoms with Gasteiger partial charge in [0.25, 0.3) is 12.3 Å². The molecular formula is C23H22F3N7OS. The number of carbonyl (C=O) groups excluding carboxylic acids is 1. The summed E-state index contributed by atoms with van der Waals surface area (Å²) in [5, 5.41) is 7.88. The minimum Gasteiger partial charge on any atom is -0.363 e. The van der Waals surface area contributed by atoms with Gasteiger partial charge in [0.15, 0.2) is 11.3 Å². The zero-order chi connectivity index (χ0) is 24.7. The van der Waals surface area contributed by atoms with Crippen LogP contribution in [0.15, 0.2) is 30.6 Å². The van der Waals surface area contributed by atoms with Gasteiger partial charge in [-0.05, 0) is 19.9 Å². The van der Waals surface area contributed by atoms with Crippen LogP contribution >= 0.6 is 11.8 Å². The van der Waals surface area contributed by atoms with Gasteiger partial charge in [0.2, 0.25) is 0 Å². The van der Waals surface area contributed by atoms with E-state index in [1.807, 2.05) is 0 Å². The predicted molar refractivity (Wildman–Crippen MR) is 127 cm³/mol. The summed E-state index contributed by atoms with van der Waals surface area (Å²) < 4.78 is 42.7. The molecule has 0 unspecified atom stereocenters. The molecule has 3 aromatic heterocycles. The number of pyridine rings is 1. The number of anilines is 1. The lowest BCUT2D eigenvalue weighted by atomic mass is 10.0. The van der Waals surface area contributed by atoms with Crippen molar-refractivity contribution in [1.82, 2.24) is 29.5 Å². The van der Waals surface area contributed by atoms with Crippen LogP contribution in [-0.4, -0.2) is 60.0 Å². The summed E-state index contributed by atoms with van der Waals surface area (Å²) in [5.41, 5.74) is 0.588. The molecule has 0 radical (unpaired) electrons. The normalized spacial score (nSPS) is 15.2. The van der Waals surface area contributed by atoms with Gasteiger partial charge in [-0.3, -0.25) is 4.79 Å². The summed E-state index contributed by atoms with van der Waals surface area (Å²) in [7, 11) is 0. The van der Waals surface area contributed by atoms with E-state index in [0.29, 0.717) is 47.0 Å². The Morgan fingerprint density at radius 1 is 1.14 bits per heavy atom. The van der Waals surface area contributed by atoms with Crippen LogP contribution in [-0.2, 0) is 0 Å². The van der Waals surface area contributed by atoms with E-state index in [9.17, 15) is 18.0 Å². The Balaban J connectivity index is 1.61. The number of hydrogen-bond acceptors (Lipinski definition) is 7. The van der Waals surface area contributed by atoms with Crippen LogP contribution in [0.3, 0.4) is 0 Å². The molecule has 4 heterocycles. The average Bonchev–Trinajstić information content (AvgIpc) is 3.34. The van der Waals surface area contributed by atoms with Gasteiger partial charge in [0.05, 0.1) is 22.6 Å². The smallest absolute Gasteiger partial charge is 0.266 e. The fourth-order valence-electron chi connectivity index (χ4n) is 4.21. The van der Waals surface area contributed by atoms with Gasteiger partial charge in [-0.2, -0.15) is 21.4 Å². The Hall–Kier alpha value is -3.41. The van der Waals surface area contributed by atoms with Crippen molar-refractivity contribution in [3.8, 4) is 0 Å². The lowest BCUT2D eigenvalue weighted by Gasteiger charge is -2.26. The van der Waals surface area contributed by atoms with Gasteiger partial charge in [0.1, 0.15) is 23.8 Å². The van der Waals surface area contributed by atoms with Gasteiger partial charge in [-0.25, -0.2) is 28.1 Å². The number of amides is 1. The molecule has 182 valence electrons. The average molecular weight is 502 g/mol. The number of thioether (sulfide) groups is 1. The molecule has 5 rings (SSSR count). The number of hydrogen-bond donors (Lipinski definition) is 1. The van der Waals surface area contributed by atoms with Gasteiger partial charge in [-0.15, -0.1) is 0 Å². The van der Waals surface area contributed by atoms with E-state index in [1.54, 1.807) is 36.6 Å². The van der Waals surface area contributed by atoms with Crippen LogP contribution in [0, 0.1) is 12.7 Å². The van der Waals surface area contributed by atoms with Gasteiger partial charge in [-0.1, -0.05) is 18.2 Å². The summed E-state index contributed by atoms with van der Waals surface area (Å²) in [4.78, 5) is 28.4. The quantitative estimate of drug-likeness (QED) is 0.433. The van der Waals surface area contributed by atoms with Gasteiger partial charge in [0, 0.05) is 30.2 Å². The van der Waals surface area contributed by atoms with Crippen molar-refractivity contribution in [3.63, 3.8) is 0 Å². The molecule has 8 nitrogen and oxygen atoms in total. The fourth-order valence-corrected chi connectivity index (χ4v) is 5.11. The minimum atomic E-state index is -2.92. The van der Waals surface area contributed by atoms with E-state index in [-0.39, 0.29) is 11.5 Å². The molecule has 1 aliphatic rings. The highest BCUT2D eigenvalue weighted by Gasteiger charge is 2.25. The summed E-state index contributed by atoms with van der Waals surface area (Å²) >= 11 is 1.80. The van der Waals surface area contributed by atoms with Crippen molar-refractivity contribution >= 4 is 40.2 Å². The first-order valence-electron chi connectivity index (χ1n) is 11.1. The number of carbonyl (C=O) groups is 1.